The third-order valence-electron chi connectivity index (χ3n) is 4.24. The summed E-state index contributed by atoms with van der Waals surface area (Å²) >= 11 is 0. The Morgan fingerprint density at radius 1 is 1.30 bits per heavy atom. The zero-order valence-electron chi connectivity index (χ0n) is 13.5. The van der Waals surface area contributed by atoms with E-state index in [9.17, 15) is 4.79 Å². The van der Waals surface area contributed by atoms with Crippen molar-refractivity contribution in [2.24, 2.45) is 11.7 Å². The Morgan fingerprint density at radius 3 is 2.65 bits per heavy atom. The van der Waals surface area contributed by atoms with Crippen molar-refractivity contribution in [2.75, 3.05) is 5.32 Å². The average molecular weight is 335 g/mol. The van der Waals surface area contributed by atoms with Crippen LogP contribution in [-0.4, -0.2) is 21.7 Å². The molecule has 23 heavy (non-hydrogen) atoms. The maximum atomic E-state index is 12.4. The number of para-hydroxylation sites is 2. The number of carbonyl (C=O) groups is 1. The first-order valence-electron chi connectivity index (χ1n) is 7.73. The minimum absolute atomic E-state index is 0. The molecule has 1 aromatic heterocycles. The maximum absolute atomic E-state index is 12.4. The van der Waals surface area contributed by atoms with Gasteiger partial charge in [-0.25, -0.2) is 4.68 Å². The standard InChI is InChI=1S/C17H22N4O.ClH/c1-11-9-12(2)21(20-11)16-6-4-3-5-15(16)19-17(22)13-7-8-14(18)10-13;/h3-6,9,13-14H,7-8,10,18H2,1-2H3,(H,19,22);1H. The molecule has 1 aliphatic rings. The first-order valence-corrected chi connectivity index (χ1v) is 7.73. The molecule has 3 N–H and O–H groups in total. The number of hydrogen-bond donors (Lipinski definition) is 2. The molecule has 5 nitrogen and oxygen atoms in total. The van der Waals surface area contributed by atoms with Gasteiger partial charge in [-0.3, -0.25) is 4.79 Å². The van der Waals surface area contributed by atoms with Crippen LogP contribution in [0.3, 0.4) is 0 Å². The predicted octanol–water partition coefficient (Wildman–Crippen LogP) is 2.98. The van der Waals surface area contributed by atoms with E-state index in [2.05, 4.69) is 10.4 Å². The van der Waals surface area contributed by atoms with Gasteiger partial charge >= 0.3 is 0 Å². The van der Waals surface area contributed by atoms with E-state index in [1.54, 1.807) is 0 Å². The van der Waals surface area contributed by atoms with E-state index in [0.29, 0.717) is 0 Å². The van der Waals surface area contributed by atoms with Gasteiger partial charge in [0.2, 0.25) is 5.91 Å². The first-order chi connectivity index (χ1) is 10.5. The Morgan fingerprint density at radius 2 is 2.04 bits per heavy atom. The molecule has 2 unspecified atom stereocenters. The van der Waals surface area contributed by atoms with Crippen LogP contribution in [-0.2, 0) is 4.79 Å². The normalized spacial score (nSPS) is 20.1. The molecule has 0 aliphatic heterocycles. The summed E-state index contributed by atoms with van der Waals surface area (Å²) in [6.45, 7) is 3.97. The Labute approximate surface area is 142 Å². The molecular formula is C17H23ClN4O. The topological polar surface area (TPSA) is 72.9 Å². The van der Waals surface area contributed by atoms with Crippen molar-refractivity contribution in [1.82, 2.24) is 9.78 Å². The third-order valence-corrected chi connectivity index (χ3v) is 4.24. The van der Waals surface area contributed by atoms with Crippen molar-refractivity contribution in [1.29, 1.82) is 0 Å². The van der Waals surface area contributed by atoms with Gasteiger partial charge in [-0.15, -0.1) is 12.4 Å². The fourth-order valence-corrected chi connectivity index (χ4v) is 3.13. The van der Waals surface area contributed by atoms with Crippen molar-refractivity contribution in [3.63, 3.8) is 0 Å². The number of rotatable bonds is 3. The van der Waals surface area contributed by atoms with Crippen LogP contribution in [0.15, 0.2) is 30.3 Å². The second kappa shape index (κ2) is 7.15. The summed E-state index contributed by atoms with van der Waals surface area (Å²) in [5.74, 6) is 0.0745. The number of amides is 1. The highest BCUT2D eigenvalue weighted by atomic mass is 35.5. The van der Waals surface area contributed by atoms with Gasteiger partial charge in [0.05, 0.1) is 17.1 Å². The Bertz CT molecular complexity index is 698. The molecular weight excluding hydrogens is 312 g/mol. The number of aromatic nitrogens is 2. The number of anilines is 1. The van der Waals surface area contributed by atoms with Gasteiger partial charge in [0.15, 0.2) is 0 Å². The summed E-state index contributed by atoms with van der Waals surface area (Å²) in [6.07, 6.45) is 2.57. The molecule has 0 spiro atoms. The molecule has 1 fully saturated rings. The van der Waals surface area contributed by atoms with Crippen molar-refractivity contribution in [3.05, 3.63) is 41.7 Å². The van der Waals surface area contributed by atoms with Gasteiger partial charge in [0, 0.05) is 17.7 Å². The number of benzene rings is 1. The molecule has 0 saturated heterocycles. The summed E-state index contributed by atoms with van der Waals surface area (Å²) in [5.41, 5.74) is 9.59. The molecule has 2 aromatic rings. The molecule has 0 bridgehead atoms. The molecule has 1 aromatic carbocycles. The lowest BCUT2D eigenvalue weighted by molar-refractivity contribution is -0.119. The Kier molecular flexibility index (Phi) is 5.44. The summed E-state index contributed by atoms with van der Waals surface area (Å²) in [7, 11) is 0. The maximum Gasteiger partial charge on any atom is 0.227 e. The fraction of sp³-hybridized carbons (Fsp3) is 0.412. The molecule has 2 atom stereocenters. The van der Waals surface area contributed by atoms with Crippen molar-refractivity contribution < 1.29 is 4.79 Å². The van der Waals surface area contributed by atoms with Crippen LogP contribution in [0.5, 0.6) is 0 Å². The Balaban J connectivity index is 0.00000192. The second-order valence-corrected chi connectivity index (χ2v) is 6.12. The SMILES string of the molecule is Cc1cc(C)n(-c2ccccc2NC(=O)C2CCC(N)C2)n1.Cl. The minimum Gasteiger partial charge on any atom is -0.328 e. The molecule has 124 valence electrons. The van der Waals surface area contributed by atoms with E-state index in [4.69, 9.17) is 5.73 Å². The van der Waals surface area contributed by atoms with E-state index >= 15 is 0 Å². The number of nitrogens with two attached hydrogens (primary N) is 1. The fourth-order valence-electron chi connectivity index (χ4n) is 3.13. The summed E-state index contributed by atoms with van der Waals surface area (Å²) in [5, 5.41) is 7.56. The number of aryl methyl sites for hydroxylation is 2. The highest BCUT2D eigenvalue weighted by Crippen LogP contribution is 2.27. The van der Waals surface area contributed by atoms with Crippen molar-refractivity contribution >= 4 is 24.0 Å². The van der Waals surface area contributed by atoms with Gasteiger partial charge in [0.1, 0.15) is 0 Å². The van der Waals surface area contributed by atoms with Crippen LogP contribution >= 0.6 is 12.4 Å². The van der Waals surface area contributed by atoms with Gasteiger partial charge in [-0.2, -0.15) is 5.10 Å². The van der Waals surface area contributed by atoms with Gasteiger partial charge in [-0.1, -0.05) is 12.1 Å². The monoisotopic (exact) mass is 334 g/mol. The van der Waals surface area contributed by atoms with Crippen molar-refractivity contribution in [2.45, 2.75) is 39.2 Å². The van der Waals surface area contributed by atoms with Crippen LogP contribution in [0.25, 0.3) is 5.69 Å². The largest absolute Gasteiger partial charge is 0.328 e. The van der Waals surface area contributed by atoms with E-state index in [-0.39, 0.29) is 30.3 Å². The molecule has 3 rings (SSSR count). The lowest BCUT2D eigenvalue weighted by atomic mass is 10.1. The first kappa shape index (κ1) is 17.5. The van der Waals surface area contributed by atoms with Crippen molar-refractivity contribution in [3.8, 4) is 5.69 Å². The number of halogens is 1. The Hall–Kier alpha value is -1.85. The molecule has 1 amide bonds. The summed E-state index contributed by atoms with van der Waals surface area (Å²) in [4.78, 5) is 12.4. The smallest absolute Gasteiger partial charge is 0.227 e. The number of hydrogen-bond acceptors (Lipinski definition) is 3. The predicted molar refractivity (Wildman–Crippen MR) is 94.2 cm³/mol. The quantitative estimate of drug-likeness (QED) is 0.906. The van der Waals surface area contributed by atoms with Crippen LogP contribution in [0.2, 0.25) is 0 Å². The van der Waals surface area contributed by atoms with E-state index in [1.165, 1.54) is 0 Å². The molecule has 1 aliphatic carbocycles. The molecule has 1 saturated carbocycles. The number of nitrogens with one attached hydrogen (secondary N) is 1. The zero-order chi connectivity index (χ0) is 15.7. The van der Waals surface area contributed by atoms with Crippen LogP contribution in [0.4, 0.5) is 5.69 Å². The zero-order valence-corrected chi connectivity index (χ0v) is 14.3. The van der Waals surface area contributed by atoms with Crippen LogP contribution in [0.1, 0.15) is 30.7 Å². The lowest BCUT2D eigenvalue weighted by Gasteiger charge is -2.15. The average Bonchev–Trinajstić information content (AvgIpc) is 3.05. The second-order valence-electron chi connectivity index (χ2n) is 6.12. The summed E-state index contributed by atoms with van der Waals surface area (Å²) < 4.78 is 1.87. The molecule has 6 heteroatoms. The summed E-state index contributed by atoms with van der Waals surface area (Å²) in [6, 6.07) is 9.93. The highest BCUT2D eigenvalue weighted by molar-refractivity contribution is 5.94. The van der Waals surface area contributed by atoms with Crippen LogP contribution in [0, 0.1) is 19.8 Å². The van der Waals surface area contributed by atoms with Gasteiger partial charge in [0.25, 0.3) is 0 Å². The third kappa shape index (κ3) is 3.74. The number of nitrogens with zero attached hydrogens (tertiary/aromatic N) is 2. The molecule has 0 radical (unpaired) electrons. The van der Waals surface area contributed by atoms with E-state index in [0.717, 1.165) is 42.0 Å². The van der Waals surface area contributed by atoms with Gasteiger partial charge < -0.3 is 11.1 Å². The van der Waals surface area contributed by atoms with Gasteiger partial charge in [-0.05, 0) is 51.3 Å². The van der Waals surface area contributed by atoms with Crippen LogP contribution < -0.4 is 11.1 Å². The minimum atomic E-state index is 0. The lowest BCUT2D eigenvalue weighted by Crippen LogP contribution is -2.24. The highest BCUT2D eigenvalue weighted by Gasteiger charge is 2.28. The van der Waals surface area contributed by atoms with E-state index in [1.807, 2.05) is 48.9 Å². The number of carbonyl (C=O) groups excluding carboxylic acids is 1. The van der Waals surface area contributed by atoms with E-state index < -0.39 is 0 Å². The molecule has 1 heterocycles.